The van der Waals surface area contributed by atoms with E-state index in [0.717, 1.165) is 16.9 Å². The Morgan fingerprint density at radius 1 is 1.24 bits per heavy atom. The Labute approximate surface area is 177 Å². The van der Waals surface area contributed by atoms with E-state index in [1.165, 1.54) is 0 Å². The summed E-state index contributed by atoms with van der Waals surface area (Å²) in [5.41, 5.74) is 0.740. The summed E-state index contributed by atoms with van der Waals surface area (Å²) < 4.78 is 11.6. The molecule has 4 nitrogen and oxygen atoms in total. The molecule has 1 aliphatic carbocycles. The van der Waals surface area contributed by atoms with Crippen LogP contribution in [-0.2, 0) is 55.5 Å². The fourth-order valence-corrected chi connectivity index (χ4v) is 3.59. The molecule has 2 atom stereocenters. The first-order valence-corrected chi connectivity index (χ1v) is 8.96. The summed E-state index contributed by atoms with van der Waals surface area (Å²) in [5, 5.41) is 12.4. The maximum absolute atomic E-state index is 12.2. The summed E-state index contributed by atoms with van der Waals surface area (Å²) in [6, 6.07) is 11.3. The fourth-order valence-electron chi connectivity index (χ4n) is 3.02. The van der Waals surface area contributed by atoms with Crippen molar-refractivity contribution >= 4 is 17.1 Å². The van der Waals surface area contributed by atoms with Crippen molar-refractivity contribution < 1.29 is 52.1 Å². The third kappa shape index (κ3) is 5.70. The minimum atomic E-state index is -0.133. The second-order valence-electron chi connectivity index (χ2n) is 5.98. The Morgan fingerprint density at radius 2 is 2.08 bits per heavy atom. The second-order valence-corrected chi connectivity index (χ2v) is 6.95. The Bertz CT molecular complexity index is 659. The normalized spacial score (nSPS) is 19.6. The topological polar surface area (TPSA) is 55.8 Å². The third-order valence-corrected chi connectivity index (χ3v) is 5.18. The summed E-state index contributed by atoms with van der Waals surface area (Å²) in [6.45, 7) is 1.41. The molecule has 0 amide bonds. The number of ketones is 1. The molecule has 131 valence electrons. The van der Waals surface area contributed by atoms with Crippen LogP contribution < -0.4 is 4.74 Å². The third-order valence-electron chi connectivity index (χ3n) is 4.41. The van der Waals surface area contributed by atoms with E-state index in [0.29, 0.717) is 32.0 Å². The Morgan fingerprint density at radius 3 is 2.84 bits per heavy atom. The Kier molecular flexibility index (Phi) is 8.73. The molecule has 1 heterocycles. The van der Waals surface area contributed by atoms with Crippen molar-refractivity contribution in [1.29, 1.82) is 0 Å². The van der Waals surface area contributed by atoms with Crippen molar-refractivity contribution in [3.63, 3.8) is 0 Å². The number of rotatable bonds is 8. The molecule has 1 aliphatic rings. The smallest absolute Gasteiger partial charge is 0.139 e. The van der Waals surface area contributed by atoms with Gasteiger partial charge in [-0.25, -0.2) is 0 Å². The molecule has 1 N–H and O–H groups in total. The van der Waals surface area contributed by atoms with Gasteiger partial charge in [0.2, 0.25) is 0 Å². The van der Waals surface area contributed by atoms with Gasteiger partial charge in [-0.1, -0.05) is 18.2 Å². The van der Waals surface area contributed by atoms with Crippen LogP contribution in [0.1, 0.15) is 23.3 Å². The molecule has 1 radical (unpaired) electrons. The molecule has 1 aromatic heterocycles. The minimum absolute atomic E-state index is 0. The number of carbonyl (C=O) groups excluding carboxylic acids is 1. The van der Waals surface area contributed by atoms with E-state index in [9.17, 15) is 9.90 Å². The van der Waals surface area contributed by atoms with Crippen molar-refractivity contribution in [2.24, 2.45) is 11.8 Å². The molecule has 2 aromatic rings. The summed E-state index contributed by atoms with van der Waals surface area (Å²) in [5.74, 6) is 0.956. The molecule has 0 saturated heterocycles. The van der Waals surface area contributed by atoms with Gasteiger partial charge in [0, 0.05) is 57.9 Å². The van der Waals surface area contributed by atoms with Crippen molar-refractivity contribution in [3.8, 4) is 5.75 Å². The van der Waals surface area contributed by atoms with Gasteiger partial charge in [0.1, 0.15) is 11.5 Å². The first-order chi connectivity index (χ1) is 11.8. The zero-order valence-electron chi connectivity index (χ0n) is 14.0. The summed E-state index contributed by atoms with van der Waals surface area (Å²) in [7, 11) is 0. The van der Waals surface area contributed by atoms with Gasteiger partial charge in [0.25, 0.3) is 0 Å². The van der Waals surface area contributed by atoms with Crippen molar-refractivity contribution in [2.75, 3.05) is 13.2 Å². The number of carbonyl (C=O) groups is 1. The van der Waals surface area contributed by atoms with Crippen molar-refractivity contribution in [2.45, 2.75) is 26.1 Å². The first kappa shape index (κ1) is 20.7. The van der Waals surface area contributed by atoms with Gasteiger partial charge in [0.05, 0.1) is 19.1 Å². The van der Waals surface area contributed by atoms with Crippen LogP contribution in [-0.4, -0.2) is 24.1 Å². The standard InChI is InChI=1S/C19H21O4S.Y/c20-10-14-4-1-2-6-19(14)23-13-17-15(7-8-18(17)21)11-22-12-16-5-3-9-24-16;/h1-6,15,17,20H,7-8,10-13H2;/q-1;/t15-,17-;/m1./s1. The molecule has 6 heteroatoms. The number of hydrogen-bond donors (Lipinski definition) is 1. The van der Waals surface area contributed by atoms with Crippen LogP contribution in [0.2, 0.25) is 0 Å². The van der Waals surface area contributed by atoms with E-state index in [2.05, 4.69) is 5.38 Å². The number of Topliss-reactive ketones (excluding diaryl/α,β-unsaturated/α-hetero) is 1. The number of aliphatic hydroxyl groups is 1. The number of benzene rings is 1. The molecule has 0 bridgehead atoms. The van der Waals surface area contributed by atoms with Gasteiger partial charge in [-0.3, -0.25) is 16.1 Å². The molecule has 3 rings (SSSR count). The van der Waals surface area contributed by atoms with E-state index >= 15 is 0 Å². The Balaban J connectivity index is 0.00000225. The van der Waals surface area contributed by atoms with E-state index in [1.54, 1.807) is 11.3 Å². The first-order valence-electron chi connectivity index (χ1n) is 8.14. The second kappa shape index (κ2) is 10.5. The monoisotopic (exact) mass is 434 g/mol. The predicted octanol–water partition coefficient (Wildman–Crippen LogP) is 3.23. The minimum Gasteiger partial charge on any atom is -0.492 e. The van der Waals surface area contributed by atoms with Crippen LogP contribution >= 0.6 is 11.3 Å². The van der Waals surface area contributed by atoms with Gasteiger partial charge in [-0.2, -0.15) is 12.1 Å². The molecule has 0 unspecified atom stereocenters. The van der Waals surface area contributed by atoms with Crippen LogP contribution in [0.25, 0.3) is 0 Å². The van der Waals surface area contributed by atoms with Crippen LogP contribution in [0.3, 0.4) is 0 Å². The fraction of sp³-hybridized carbons (Fsp3) is 0.421. The summed E-state index contributed by atoms with van der Waals surface area (Å²) >= 11 is 1.55. The van der Waals surface area contributed by atoms with Crippen LogP contribution in [0.5, 0.6) is 5.75 Å². The van der Waals surface area contributed by atoms with Gasteiger partial charge < -0.3 is 14.6 Å². The van der Waals surface area contributed by atoms with Gasteiger partial charge in [-0.15, -0.1) is 10.3 Å². The van der Waals surface area contributed by atoms with Crippen molar-refractivity contribution in [1.82, 2.24) is 0 Å². The van der Waals surface area contributed by atoms with E-state index in [4.69, 9.17) is 9.47 Å². The Hall–Kier alpha value is -0.586. The van der Waals surface area contributed by atoms with E-state index in [-0.39, 0.29) is 56.9 Å². The average Bonchev–Trinajstić information content (AvgIpc) is 3.24. The molecule has 25 heavy (non-hydrogen) atoms. The maximum atomic E-state index is 12.2. The predicted molar refractivity (Wildman–Crippen MR) is 91.9 cm³/mol. The summed E-state index contributed by atoms with van der Waals surface area (Å²) in [4.78, 5) is 13.3. The molecule has 1 fully saturated rings. The molecule has 1 aromatic carbocycles. The van der Waals surface area contributed by atoms with Crippen LogP contribution in [0.15, 0.2) is 36.4 Å². The van der Waals surface area contributed by atoms with Crippen molar-refractivity contribution in [3.05, 3.63) is 52.2 Å². The number of thiophene rings is 1. The average molecular weight is 434 g/mol. The number of para-hydroxylation sites is 1. The zero-order valence-corrected chi connectivity index (χ0v) is 17.7. The number of ether oxygens (including phenoxy) is 2. The van der Waals surface area contributed by atoms with E-state index < -0.39 is 0 Å². The van der Waals surface area contributed by atoms with Gasteiger partial charge >= 0.3 is 0 Å². The maximum Gasteiger partial charge on any atom is 0.139 e. The van der Waals surface area contributed by atoms with Crippen LogP contribution in [0, 0.1) is 17.2 Å². The summed E-state index contributed by atoms with van der Waals surface area (Å²) in [6.07, 6.45) is 1.45. The quantitative estimate of drug-likeness (QED) is 0.649. The zero-order chi connectivity index (χ0) is 16.8. The molecular weight excluding hydrogens is 413 g/mol. The molecule has 0 spiro atoms. The largest absolute Gasteiger partial charge is 0.492 e. The van der Waals surface area contributed by atoms with E-state index in [1.807, 2.05) is 36.4 Å². The van der Waals surface area contributed by atoms with Gasteiger partial charge in [0.15, 0.2) is 0 Å². The number of aliphatic hydroxyl groups excluding tert-OH is 1. The number of hydrogen-bond acceptors (Lipinski definition) is 5. The van der Waals surface area contributed by atoms with Gasteiger partial charge in [-0.05, 0) is 18.4 Å². The molecule has 1 saturated carbocycles. The molecule has 0 aliphatic heterocycles. The van der Waals surface area contributed by atoms with Crippen LogP contribution in [0.4, 0.5) is 0 Å². The molecular formula is C19H21O4SY-. The SMILES string of the molecule is O=C1CC[C@H](COCc2cc[c-]s2)[C@H]1COc1ccccc1CO.[Y].